The molecule has 0 unspecified atom stereocenters. The highest BCUT2D eigenvalue weighted by Crippen LogP contribution is 2.34. The van der Waals surface area contributed by atoms with Gasteiger partial charge < -0.3 is 10.4 Å². The van der Waals surface area contributed by atoms with Gasteiger partial charge in [-0.05, 0) is 23.8 Å². The minimum atomic E-state index is -2.37. The van der Waals surface area contributed by atoms with Crippen LogP contribution in [0.5, 0.6) is 5.75 Å². The number of nitrogens with one attached hydrogen (secondary N) is 1. The summed E-state index contributed by atoms with van der Waals surface area (Å²) in [7, 11) is 0. The zero-order valence-corrected chi connectivity index (χ0v) is 12.0. The zero-order chi connectivity index (χ0) is 13.8. The molecule has 0 amide bonds. The lowest BCUT2D eigenvalue weighted by Gasteiger charge is -2.35. The summed E-state index contributed by atoms with van der Waals surface area (Å²) in [6, 6.07) is 4.44. The second kappa shape index (κ2) is 6.63. The van der Waals surface area contributed by atoms with E-state index in [1.807, 2.05) is 4.90 Å². The molecule has 2 N–H and O–H groups in total. The Morgan fingerprint density at radius 2 is 2.00 bits per heavy atom. The molecule has 1 saturated heterocycles. The third-order valence-electron chi connectivity index (χ3n) is 3.33. The summed E-state index contributed by atoms with van der Waals surface area (Å²) in [5.41, 5.74) is 0.724. The number of aromatic hydroxyl groups is 1. The number of piperazine rings is 1. The van der Waals surface area contributed by atoms with Crippen molar-refractivity contribution in [2.24, 2.45) is 0 Å². The van der Waals surface area contributed by atoms with Crippen molar-refractivity contribution >= 4 is 15.9 Å². The smallest absolute Gasteiger partial charge is 0.240 e. The first-order valence-electron chi connectivity index (χ1n) is 6.29. The molecule has 0 saturated carbocycles. The molecule has 0 aliphatic carbocycles. The van der Waals surface area contributed by atoms with E-state index < -0.39 is 6.43 Å². The van der Waals surface area contributed by atoms with E-state index in [4.69, 9.17) is 0 Å². The summed E-state index contributed by atoms with van der Waals surface area (Å²) in [5.74, 6) is 0.104. The van der Waals surface area contributed by atoms with Crippen molar-refractivity contribution in [3.8, 4) is 5.75 Å². The summed E-state index contributed by atoms with van der Waals surface area (Å²) >= 11 is 3.39. The first-order valence-corrected chi connectivity index (χ1v) is 7.08. The maximum atomic E-state index is 12.8. The van der Waals surface area contributed by atoms with Gasteiger partial charge in [0.2, 0.25) is 6.43 Å². The van der Waals surface area contributed by atoms with Crippen LogP contribution in [0.2, 0.25) is 0 Å². The molecule has 0 spiro atoms. The fourth-order valence-corrected chi connectivity index (χ4v) is 2.93. The number of hydrogen-bond acceptors (Lipinski definition) is 3. The van der Waals surface area contributed by atoms with Crippen molar-refractivity contribution in [2.75, 3.05) is 26.2 Å². The molecule has 1 aromatic rings. The normalized spacial score (nSPS) is 18.7. The van der Waals surface area contributed by atoms with Crippen molar-refractivity contribution < 1.29 is 13.9 Å². The summed E-state index contributed by atoms with van der Waals surface area (Å²) < 4.78 is 26.4. The van der Waals surface area contributed by atoms with Gasteiger partial charge in [-0.15, -0.1) is 0 Å². The van der Waals surface area contributed by atoms with E-state index in [9.17, 15) is 13.9 Å². The average molecular weight is 335 g/mol. The quantitative estimate of drug-likeness (QED) is 0.888. The van der Waals surface area contributed by atoms with Crippen LogP contribution in [-0.4, -0.2) is 42.6 Å². The summed E-state index contributed by atoms with van der Waals surface area (Å²) in [5, 5.41) is 12.8. The maximum absolute atomic E-state index is 12.8. The van der Waals surface area contributed by atoms with Gasteiger partial charge in [0.1, 0.15) is 5.75 Å². The van der Waals surface area contributed by atoms with E-state index in [0.717, 1.165) is 36.2 Å². The number of nitrogens with zero attached hydrogens (tertiary/aromatic N) is 1. The van der Waals surface area contributed by atoms with Crippen LogP contribution >= 0.6 is 15.9 Å². The molecule has 1 fully saturated rings. The predicted molar refractivity (Wildman–Crippen MR) is 73.6 cm³/mol. The molecular weight excluding hydrogens is 318 g/mol. The van der Waals surface area contributed by atoms with E-state index in [2.05, 4.69) is 21.2 Å². The summed E-state index contributed by atoms with van der Waals surface area (Å²) in [6.45, 7) is 3.07. The highest BCUT2D eigenvalue weighted by Gasteiger charge is 2.27. The van der Waals surface area contributed by atoms with Crippen molar-refractivity contribution in [1.29, 1.82) is 0 Å². The molecule has 19 heavy (non-hydrogen) atoms. The lowest BCUT2D eigenvalue weighted by atomic mass is 10.0. The third-order valence-corrected chi connectivity index (χ3v) is 4.05. The molecule has 0 bridgehead atoms. The molecule has 1 aliphatic rings. The Kier molecular flexibility index (Phi) is 5.13. The predicted octanol–water partition coefficient (Wildman–Crippen LogP) is 2.76. The molecule has 0 radical (unpaired) electrons. The first-order chi connectivity index (χ1) is 9.08. The van der Waals surface area contributed by atoms with Gasteiger partial charge in [0.25, 0.3) is 0 Å². The van der Waals surface area contributed by atoms with Gasteiger partial charge in [0.05, 0.1) is 0 Å². The standard InChI is InChI=1S/C13H17BrF2N2O/c14-11-2-1-9(19)7-10(11)12(8-13(15)16)18-5-3-17-4-6-18/h1-2,7,12-13,17,19H,3-6,8H2/t12-/m0/s1. The molecule has 6 heteroatoms. The van der Waals surface area contributed by atoms with Gasteiger partial charge >= 0.3 is 0 Å². The number of halogens is 3. The molecule has 1 atom stereocenters. The minimum absolute atomic E-state index is 0.104. The largest absolute Gasteiger partial charge is 0.508 e. The number of benzene rings is 1. The molecule has 3 nitrogen and oxygen atoms in total. The highest BCUT2D eigenvalue weighted by atomic mass is 79.9. The molecular formula is C13H17BrF2N2O. The number of rotatable bonds is 4. The first kappa shape index (κ1) is 14.7. The average Bonchev–Trinajstić information content (AvgIpc) is 2.40. The second-order valence-corrected chi connectivity index (χ2v) is 5.49. The second-order valence-electron chi connectivity index (χ2n) is 4.63. The van der Waals surface area contributed by atoms with Crippen LogP contribution in [0.4, 0.5) is 8.78 Å². The Morgan fingerprint density at radius 1 is 1.32 bits per heavy atom. The van der Waals surface area contributed by atoms with Gasteiger partial charge in [-0.3, -0.25) is 4.90 Å². The van der Waals surface area contributed by atoms with E-state index in [0.29, 0.717) is 0 Å². The van der Waals surface area contributed by atoms with Gasteiger partial charge in [-0.25, -0.2) is 8.78 Å². The monoisotopic (exact) mass is 334 g/mol. The van der Waals surface area contributed by atoms with Crippen LogP contribution in [0.25, 0.3) is 0 Å². The number of phenols is 1. The van der Waals surface area contributed by atoms with Crippen molar-refractivity contribution in [3.05, 3.63) is 28.2 Å². The van der Waals surface area contributed by atoms with Gasteiger partial charge in [0, 0.05) is 43.1 Å². The zero-order valence-electron chi connectivity index (χ0n) is 10.5. The van der Waals surface area contributed by atoms with Crippen molar-refractivity contribution in [1.82, 2.24) is 10.2 Å². The van der Waals surface area contributed by atoms with Crippen LogP contribution in [0.3, 0.4) is 0 Å². The van der Waals surface area contributed by atoms with Crippen molar-refractivity contribution in [3.63, 3.8) is 0 Å². The molecule has 1 aromatic carbocycles. The maximum Gasteiger partial charge on any atom is 0.240 e. The minimum Gasteiger partial charge on any atom is -0.508 e. The topological polar surface area (TPSA) is 35.5 Å². The Hall–Kier alpha value is -0.720. The van der Waals surface area contributed by atoms with Crippen LogP contribution in [0, 0.1) is 0 Å². The van der Waals surface area contributed by atoms with E-state index in [1.54, 1.807) is 18.2 Å². The number of phenolic OH excluding ortho intramolecular Hbond substituents is 1. The Balaban J connectivity index is 2.27. The van der Waals surface area contributed by atoms with Gasteiger partial charge in [0.15, 0.2) is 0 Å². The third kappa shape index (κ3) is 3.87. The van der Waals surface area contributed by atoms with Crippen LogP contribution in [0.1, 0.15) is 18.0 Å². The lowest BCUT2D eigenvalue weighted by Crippen LogP contribution is -2.45. The lowest BCUT2D eigenvalue weighted by molar-refractivity contribution is 0.0735. The van der Waals surface area contributed by atoms with Crippen LogP contribution in [0.15, 0.2) is 22.7 Å². The Morgan fingerprint density at radius 3 is 2.63 bits per heavy atom. The molecule has 1 aliphatic heterocycles. The fourth-order valence-electron chi connectivity index (χ4n) is 2.42. The number of alkyl halides is 2. The van der Waals surface area contributed by atoms with Gasteiger partial charge in [-0.2, -0.15) is 0 Å². The highest BCUT2D eigenvalue weighted by molar-refractivity contribution is 9.10. The van der Waals surface area contributed by atoms with Crippen molar-refractivity contribution in [2.45, 2.75) is 18.9 Å². The van der Waals surface area contributed by atoms with E-state index in [1.165, 1.54) is 0 Å². The molecule has 1 heterocycles. The van der Waals surface area contributed by atoms with E-state index >= 15 is 0 Å². The fraction of sp³-hybridized carbons (Fsp3) is 0.538. The SMILES string of the molecule is Oc1ccc(Br)c([C@H](CC(F)F)N2CCNCC2)c1. The molecule has 106 valence electrons. The summed E-state index contributed by atoms with van der Waals surface area (Å²) in [4.78, 5) is 2.04. The van der Waals surface area contributed by atoms with E-state index in [-0.39, 0.29) is 18.2 Å². The molecule has 2 rings (SSSR count). The Labute approximate surface area is 119 Å². The summed E-state index contributed by atoms with van der Waals surface area (Å²) in [6.07, 6.45) is -2.59. The number of hydrogen-bond donors (Lipinski definition) is 2. The van der Waals surface area contributed by atoms with Crippen LogP contribution in [-0.2, 0) is 0 Å². The molecule has 0 aromatic heterocycles. The Bertz CT molecular complexity index is 425. The van der Waals surface area contributed by atoms with Gasteiger partial charge in [-0.1, -0.05) is 15.9 Å². The van der Waals surface area contributed by atoms with Crippen LogP contribution < -0.4 is 5.32 Å².